The average molecular weight is 434 g/mol. The van der Waals surface area contributed by atoms with Gasteiger partial charge in [0, 0.05) is 25.2 Å². The van der Waals surface area contributed by atoms with Gasteiger partial charge in [0.05, 0.1) is 0 Å². The number of thiocarbonyl (C=S) groups is 1. The minimum Gasteiger partial charge on any atom is -0.439 e. The minimum absolute atomic E-state index is 0.421. The quantitative estimate of drug-likeness (QED) is 0.522. The van der Waals surface area contributed by atoms with Crippen LogP contribution in [0.25, 0.3) is 0 Å². The lowest BCUT2D eigenvalue weighted by Gasteiger charge is -2.34. The maximum Gasteiger partial charge on any atom is 0.234 e. The van der Waals surface area contributed by atoms with Crippen LogP contribution in [0.4, 0.5) is 11.8 Å². The Labute approximate surface area is 188 Å². The molecule has 1 unspecified atom stereocenters. The molecule has 6 nitrogen and oxygen atoms in total. The molecule has 1 aliphatic rings. The smallest absolute Gasteiger partial charge is 0.234 e. The third kappa shape index (κ3) is 5.92. The van der Waals surface area contributed by atoms with Gasteiger partial charge in [-0.05, 0) is 56.1 Å². The Morgan fingerprint density at radius 2 is 1.81 bits per heavy atom. The van der Waals surface area contributed by atoms with E-state index in [9.17, 15) is 0 Å². The summed E-state index contributed by atoms with van der Waals surface area (Å²) in [6.07, 6.45) is 3.55. The van der Waals surface area contributed by atoms with Gasteiger partial charge in [-0.1, -0.05) is 48.5 Å². The lowest BCUT2D eigenvalue weighted by molar-refractivity contribution is 0.457. The Balaban J connectivity index is 1.52. The lowest BCUT2D eigenvalue weighted by atomic mass is 10.0. The normalized spacial score (nSPS) is 15.9. The molecule has 1 atom stereocenters. The summed E-state index contributed by atoms with van der Waals surface area (Å²) in [4.78, 5) is 11.6. The van der Waals surface area contributed by atoms with Crippen molar-refractivity contribution < 1.29 is 4.74 Å². The molecule has 0 bridgehead atoms. The zero-order valence-corrected chi connectivity index (χ0v) is 18.4. The zero-order valence-electron chi connectivity index (χ0n) is 17.6. The van der Waals surface area contributed by atoms with E-state index in [4.69, 9.17) is 21.9 Å². The predicted octanol–water partition coefficient (Wildman–Crippen LogP) is 5.13. The first-order chi connectivity index (χ1) is 15.2. The fourth-order valence-electron chi connectivity index (χ4n) is 3.64. The van der Waals surface area contributed by atoms with Crippen LogP contribution in [0.15, 0.2) is 66.7 Å². The molecule has 1 aromatic heterocycles. The largest absolute Gasteiger partial charge is 0.439 e. The number of anilines is 2. The van der Waals surface area contributed by atoms with Crippen LogP contribution in [0.2, 0.25) is 0 Å². The topological polar surface area (TPSA) is 62.3 Å². The van der Waals surface area contributed by atoms with E-state index in [0.29, 0.717) is 29.5 Å². The molecule has 1 fully saturated rings. The van der Waals surface area contributed by atoms with Gasteiger partial charge in [-0.2, -0.15) is 9.97 Å². The first-order valence-corrected chi connectivity index (χ1v) is 11.1. The van der Waals surface area contributed by atoms with Crippen molar-refractivity contribution in [3.63, 3.8) is 0 Å². The number of hydrogen-bond acceptors (Lipinski definition) is 5. The molecule has 4 rings (SSSR count). The van der Waals surface area contributed by atoms with Gasteiger partial charge >= 0.3 is 0 Å². The number of nitrogens with zero attached hydrogens (tertiary/aromatic N) is 3. The highest BCUT2D eigenvalue weighted by molar-refractivity contribution is 7.80. The highest BCUT2D eigenvalue weighted by Gasteiger charge is 2.21. The summed E-state index contributed by atoms with van der Waals surface area (Å²) in [6.45, 7) is 3.83. The van der Waals surface area contributed by atoms with Gasteiger partial charge in [-0.3, -0.25) is 0 Å². The molecule has 160 valence electrons. The van der Waals surface area contributed by atoms with Crippen molar-refractivity contribution in [3.8, 4) is 11.6 Å². The van der Waals surface area contributed by atoms with E-state index >= 15 is 0 Å². The van der Waals surface area contributed by atoms with Crippen molar-refractivity contribution in [2.45, 2.75) is 38.8 Å². The number of benzene rings is 2. The Kier molecular flexibility index (Phi) is 6.94. The lowest BCUT2D eigenvalue weighted by Crippen LogP contribution is -2.38. The number of para-hydroxylation sites is 1. The van der Waals surface area contributed by atoms with Crippen LogP contribution in [-0.2, 0) is 6.54 Å². The van der Waals surface area contributed by atoms with Crippen molar-refractivity contribution in [1.82, 2.24) is 15.3 Å². The van der Waals surface area contributed by atoms with E-state index in [-0.39, 0.29) is 0 Å². The number of ether oxygens (including phenoxy) is 1. The van der Waals surface area contributed by atoms with Crippen LogP contribution in [0.3, 0.4) is 0 Å². The monoisotopic (exact) mass is 433 g/mol. The molecular formula is C24H27N5OS. The highest BCUT2D eigenvalue weighted by Crippen LogP contribution is 2.28. The second kappa shape index (κ2) is 10.2. The number of rotatable bonds is 6. The maximum atomic E-state index is 6.02. The number of nitrogens with one attached hydrogen (secondary N) is 2. The van der Waals surface area contributed by atoms with E-state index in [0.717, 1.165) is 36.5 Å². The van der Waals surface area contributed by atoms with E-state index in [2.05, 4.69) is 39.6 Å². The first-order valence-electron chi connectivity index (χ1n) is 10.6. The molecule has 2 N–H and O–H groups in total. The van der Waals surface area contributed by atoms with Crippen molar-refractivity contribution in [2.75, 3.05) is 16.8 Å². The second-order valence-electron chi connectivity index (χ2n) is 7.63. The number of piperidine rings is 1. The predicted molar refractivity (Wildman–Crippen MR) is 129 cm³/mol. The Morgan fingerprint density at radius 3 is 2.55 bits per heavy atom. The van der Waals surface area contributed by atoms with Gasteiger partial charge in [-0.25, -0.2) is 0 Å². The highest BCUT2D eigenvalue weighted by atomic mass is 32.1. The van der Waals surface area contributed by atoms with Crippen molar-refractivity contribution in [1.29, 1.82) is 0 Å². The molecule has 0 spiro atoms. The second-order valence-corrected chi connectivity index (χ2v) is 8.04. The summed E-state index contributed by atoms with van der Waals surface area (Å²) in [5.74, 6) is 2.49. The third-order valence-electron chi connectivity index (χ3n) is 5.27. The van der Waals surface area contributed by atoms with Crippen molar-refractivity contribution in [2.24, 2.45) is 0 Å². The van der Waals surface area contributed by atoms with Crippen LogP contribution in [0, 0.1) is 0 Å². The molecule has 1 saturated heterocycles. The number of hydrogen-bond donors (Lipinski definition) is 2. The molecule has 31 heavy (non-hydrogen) atoms. The SMILES string of the molecule is CC1CCCCN1c1cc(Oc2ccccc2)nc(NC(=S)NCc2ccccc2)n1. The number of aromatic nitrogens is 2. The standard InChI is InChI=1S/C24H27N5OS/c1-18-10-8-9-15-29(18)21-16-22(30-20-13-6-3-7-14-20)27-23(26-21)28-24(31)25-17-19-11-4-2-5-12-19/h2-7,11-14,16,18H,8-10,15,17H2,1H3,(H2,25,26,27,28,31). The van der Waals surface area contributed by atoms with Gasteiger partial charge in [0.2, 0.25) is 11.8 Å². The fraction of sp³-hybridized carbons (Fsp3) is 0.292. The van der Waals surface area contributed by atoms with Crippen LogP contribution in [0.1, 0.15) is 31.7 Å². The maximum absolute atomic E-state index is 6.02. The summed E-state index contributed by atoms with van der Waals surface area (Å²) < 4.78 is 6.02. The zero-order chi connectivity index (χ0) is 21.5. The fourth-order valence-corrected chi connectivity index (χ4v) is 3.80. The van der Waals surface area contributed by atoms with Gasteiger partial charge in [-0.15, -0.1) is 0 Å². The van der Waals surface area contributed by atoms with Crippen LogP contribution in [0.5, 0.6) is 11.6 Å². The van der Waals surface area contributed by atoms with Gasteiger partial charge in [0.25, 0.3) is 0 Å². The summed E-state index contributed by atoms with van der Waals surface area (Å²) in [5, 5.41) is 6.81. The minimum atomic E-state index is 0.421. The van der Waals surface area contributed by atoms with Crippen molar-refractivity contribution in [3.05, 3.63) is 72.3 Å². The average Bonchev–Trinajstić information content (AvgIpc) is 2.79. The first kappa shape index (κ1) is 21.1. The molecule has 0 aliphatic carbocycles. The van der Waals surface area contributed by atoms with E-state index in [1.807, 2.05) is 54.6 Å². The molecule has 0 amide bonds. The summed E-state index contributed by atoms with van der Waals surface area (Å²) >= 11 is 5.47. The van der Waals surface area contributed by atoms with E-state index in [1.165, 1.54) is 6.42 Å². The molecule has 2 heterocycles. The summed E-state index contributed by atoms with van der Waals surface area (Å²) in [5.41, 5.74) is 1.15. The van der Waals surface area contributed by atoms with Crippen molar-refractivity contribution >= 4 is 29.1 Å². The van der Waals surface area contributed by atoms with Crippen LogP contribution >= 0.6 is 12.2 Å². The Hall–Kier alpha value is -3.19. The molecule has 7 heteroatoms. The van der Waals surface area contributed by atoms with E-state index in [1.54, 1.807) is 0 Å². The van der Waals surface area contributed by atoms with Gasteiger partial charge in [0.1, 0.15) is 11.6 Å². The van der Waals surface area contributed by atoms with Crippen LogP contribution in [-0.4, -0.2) is 27.7 Å². The Bertz CT molecular complexity index is 999. The summed E-state index contributed by atoms with van der Waals surface area (Å²) in [6, 6.07) is 22.1. The Morgan fingerprint density at radius 1 is 1.06 bits per heavy atom. The third-order valence-corrected chi connectivity index (χ3v) is 5.52. The van der Waals surface area contributed by atoms with Crippen LogP contribution < -0.4 is 20.3 Å². The molecule has 1 aliphatic heterocycles. The molecular weight excluding hydrogens is 406 g/mol. The van der Waals surface area contributed by atoms with E-state index < -0.39 is 0 Å². The van der Waals surface area contributed by atoms with Gasteiger partial charge < -0.3 is 20.3 Å². The summed E-state index contributed by atoms with van der Waals surface area (Å²) in [7, 11) is 0. The van der Waals surface area contributed by atoms with Gasteiger partial charge in [0.15, 0.2) is 5.11 Å². The molecule has 2 aromatic carbocycles. The molecule has 3 aromatic rings. The molecule has 0 saturated carbocycles. The molecule has 0 radical (unpaired) electrons.